The molecular formula is C20H17ClFN5O2. The molecule has 2 N–H and O–H groups in total. The highest BCUT2D eigenvalue weighted by Gasteiger charge is 2.32. The van der Waals surface area contributed by atoms with Gasteiger partial charge in [-0.05, 0) is 25.3 Å². The molecule has 29 heavy (non-hydrogen) atoms. The number of halogens is 2. The van der Waals surface area contributed by atoms with Gasteiger partial charge in [0.15, 0.2) is 17.1 Å². The molecule has 2 heterocycles. The summed E-state index contributed by atoms with van der Waals surface area (Å²) in [7, 11) is 0. The van der Waals surface area contributed by atoms with Crippen LogP contribution in [0.3, 0.4) is 0 Å². The first-order valence-electron chi connectivity index (χ1n) is 9.28. The van der Waals surface area contributed by atoms with Crippen molar-refractivity contribution in [1.82, 2.24) is 4.57 Å². The van der Waals surface area contributed by atoms with Crippen molar-refractivity contribution in [2.75, 3.05) is 18.0 Å². The quantitative estimate of drug-likeness (QED) is 0.770. The molecule has 9 heteroatoms. The van der Waals surface area contributed by atoms with Crippen molar-refractivity contribution >= 4 is 34.0 Å². The minimum absolute atomic E-state index is 0.0175. The molecule has 7 nitrogen and oxygen atoms in total. The number of nitrogens with two attached hydrogens (primary N) is 1. The van der Waals surface area contributed by atoms with Crippen LogP contribution in [0.4, 0.5) is 10.1 Å². The highest BCUT2D eigenvalue weighted by atomic mass is 35.5. The van der Waals surface area contributed by atoms with E-state index >= 15 is 4.39 Å². The van der Waals surface area contributed by atoms with E-state index in [9.17, 15) is 9.59 Å². The second-order valence-electron chi connectivity index (χ2n) is 7.48. The van der Waals surface area contributed by atoms with Gasteiger partial charge in [-0.1, -0.05) is 11.6 Å². The van der Waals surface area contributed by atoms with Gasteiger partial charge in [-0.25, -0.2) is 4.39 Å². The van der Waals surface area contributed by atoms with Crippen LogP contribution in [0.2, 0.25) is 5.02 Å². The van der Waals surface area contributed by atoms with Crippen LogP contribution in [0.15, 0.2) is 17.1 Å². The number of nitriles is 2. The molecule has 0 bridgehead atoms. The molecule has 148 valence electrons. The second kappa shape index (κ2) is 7.14. The maximum Gasteiger partial charge on any atom is 0.200 e. The number of hydrogen-bond acceptors (Lipinski definition) is 6. The zero-order valence-corrected chi connectivity index (χ0v) is 16.1. The second-order valence-corrected chi connectivity index (χ2v) is 7.86. The Balaban J connectivity index is 1.98. The minimum atomic E-state index is -1.60. The van der Waals surface area contributed by atoms with Gasteiger partial charge in [0.2, 0.25) is 0 Å². The minimum Gasteiger partial charge on any atom is -0.366 e. The normalized spacial score (nSPS) is 18.8. The predicted molar refractivity (Wildman–Crippen MR) is 105 cm³/mol. The van der Waals surface area contributed by atoms with Crippen molar-refractivity contribution in [3.05, 3.63) is 38.9 Å². The van der Waals surface area contributed by atoms with E-state index in [4.69, 9.17) is 27.9 Å². The lowest BCUT2D eigenvalue weighted by Gasteiger charge is -2.23. The number of pyridine rings is 1. The Bertz CT molecular complexity index is 1160. The largest absolute Gasteiger partial charge is 0.366 e. The van der Waals surface area contributed by atoms with Crippen LogP contribution < -0.4 is 16.1 Å². The number of carbonyl (C=O) groups is 1. The van der Waals surface area contributed by atoms with Crippen LogP contribution in [0.1, 0.15) is 35.7 Å². The third kappa shape index (κ3) is 3.15. The maximum absolute atomic E-state index is 15.0. The molecule has 1 aliphatic carbocycles. The van der Waals surface area contributed by atoms with E-state index in [2.05, 4.69) is 0 Å². The monoisotopic (exact) mass is 413 g/mol. The number of anilines is 1. The molecule has 2 fully saturated rings. The number of rotatable bonds is 4. The molecule has 2 aliphatic rings. The van der Waals surface area contributed by atoms with Crippen molar-refractivity contribution in [3.63, 3.8) is 0 Å². The molecule has 2 aromatic rings. The Morgan fingerprint density at radius 2 is 2.00 bits per heavy atom. The smallest absolute Gasteiger partial charge is 0.200 e. The van der Waals surface area contributed by atoms with Gasteiger partial charge in [-0.2, -0.15) is 10.5 Å². The Labute approximate surface area is 170 Å². The predicted octanol–water partition coefficient (Wildman–Crippen LogP) is 2.51. The van der Waals surface area contributed by atoms with Gasteiger partial charge >= 0.3 is 0 Å². The van der Waals surface area contributed by atoms with E-state index < -0.39 is 22.9 Å². The zero-order chi connectivity index (χ0) is 20.9. The summed E-state index contributed by atoms with van der Waals surface area (Å²) in [6.07, 6.45) is 3.71. The van der Waals surface area contributed by atoms with Crippen molar-refractivity contribution < 1.29 is 9.18 Å². The molecule has 1 atom stereocenters. The molecule has 1 aromatic heterocycles. The van der Waals surface area contributed by atoms with Gasteiger partial charge in [0.05, 0.1) is 39.3 Å². The van der Waals surface area contributed by atoms with Crippen LogP contribution >= 0.6 is 11.6 Å². The molecule has 0 spiro atoms. The number of nitrogens with zero attached hydrogens (tertiary/aromatic N) is 4. The molecule has 0 amide bonds. The molecular weight excluding hydrogens is 397 g/mol. The third-order valence-electron chi connectivity index (χ3n) is 5.45. The van der Waals surface area contributed by atoms with Crippen molar-refractivity contribution in [3.8, 4) is 12.1 Å². The molecule has 0 unspecified atom stereocenters. The summed E-state index contributed by atoms with van der Waals surface area (Å²) >= 11 is 6.60. The van der Waals surface area contributed by atoms with Crippen molar-refractivity contribution in [2.24, 2.45) is 11.7 Å². The lowest BCUT2D eigenvalue weighted by atomic mass is 9.99. The average Bonchev–Trinajstić information content (AvgIpc) is 3.45. The van der Waals surface area contributed by atoms with E-state index in [1.165, 1.54) is 6.20 Å². The lowest BCUT2D eigenvalue weighted by molar-refractivity contribution is 0.0969. The number of benzene rings is 1. The lowest BCUT2D eigenvalue weighted by Crippen LogP contribution is -2.28. The molecule has 0 radical (unpaired) electrons. The van der Waals surface area contributed by atoms with E-state index in [0.717, 1.165) is 18.9 Å². The fraction of sp³-hybridized carbons (Fsp3) is 0.400. The number of aromatic nitrogens is 1. The van der Waals surface area contributed by atoms with Crippen molar-refractivity contribution in [1.29, 1.82) is 10.5 Å². The first-order chi connectivity index (χ1) is 13.9. The number of Topliss-reactive ketones (excluding diaryl/α,β-unsaturated/α-hetero) is 1. The fourth-order valence-electron chi connectivity index (χ4n) is 3.83. The Hall–Kier alpha value is -2.94. The molecule has 1 saturated carbocycles. The van der Waals surface area contributed by atoms with Crippen molar-refractivity contribution in [2.45, 2.75) is 31.3 Å². The number of carbonyl (C=O) groups excluding carboxylic acids is 1. The molecule has 1 aromatic carbocycles. The topological polar surface area (TPSA) is 116 Å². The number of fused-ring (bicyclic) bond motifs is 1. The van der Waals surface area contributed by atoms with Gasteiger partial charge in [0, 0.05) is 31.4 Å². The highest BCUT2D eigenvalue weighted by Crippen LogP contribution is 2.42. The highest BCUT2D eigenvalue weighted by molar-refractivity contribution is 6.38. The molecule has 1 saturated heterocycles. The standard InChI is InChI=1S/C20H17ClFN5O2/c21-16-17-13(5-15(22)18(16)26-4-3-11(25)8-26)20(29)14(9-27(17)12-1-2-12)19(28)10(6-23)7-24/h5,9-12H,1-4,8,25H2/t11-/m1/s1. The van der Waals surface area contributed by atoms with Gasteiger partial charge in [-0.3, -0.25) is 9.59 Å². The van der Waals surface area contributed by atoms with E-state index in [1.807, 2.05) is 0 Å². The van der Waals surface area contributed by atoms with Crippen LogP contribution in [0, 0.1) is 34.4 Å². The van der Waals surface area contributed by atoms with Gasteiger partial charge < -0.3 is 15.2 Å². The van der Waals surface area contributed by atoms with E-state index in [-0.39, 0.29) is 33.7 Å². The Morgan fingerprint density at radius 1 is 1.31 bits per heavy atom. The van der Waals surface area contributed by atoms with Crippen LogP contribution in [-0.4, -0.2) is 29.5 Å². The summed E-state index contributed by atoms with van der Waals surface area (Å²) in [6.45, 7) is 1.01. The summed E-state index contributed by atoms with van der Waals surface area (Å²) in [5.41, 5.74) is 5.47. The van der Waals surface area contributed by atoms with Gasteiger partial charge in [-0.15, -0.1) is 0 Å². The SMILES string of the molecule is N#CC(C#N)C(=O)c1cn(C2CC2)c2c(Cl)c(N3CC[C@@H](N)C3)c(F)cc2c1=O. The fourth-order valence-corrected chi connectivity index (χ4v) is 4.24. The zero-order valence-electron chi connectivity index (χ0n) is 15.4. The summed E-state index contributed by atoms with van der Waals surface area (Å²) < 4.78 is 16.7. The summed E-state index contributed by atoms with van der Waals surface area (Å²) in [4.78, 5) is 27.3. The number of hydrogen-bond donors (Lipinski definition) is 1. The third-order valence-corrected chi connectivity index (χ3v) is 5.81. The summed E-state index contributed by atoms with van der Waals surface area (Å²) in [5.74, 6) is -3.15. The Kier molecular flexibility index (Phi) is 4.77. The van der Waals surface area contributed by atoms with Crippen LogP contribution in [0.5, 0.6) is 0 Å². The first-order valence-corrected chi connectivity index (χ1v) is 9.66. The first kappa shape index (κ1) is 19.4. The molecule has 1 aliphatic heterocycles. The van der Waals surface area contributed by atoms with E-state index in [0.29, 0.717) is 25.0 Å². The summed E-state index contributed by atoms with van der Waals surface area (Å²) in [5, 5.41) is 18.1. The number of ketones is 1. The van der Waals surface area contributed by atoms with Gasteiger partial charge in [0.25, 0.3) is 0 Å². The maximum atomic E-state index is 15.0. The summed E-state index contributed by atoms with van der Waals surface area (Å²) in [6, 6.07) is 4.19. The average molecular weight is 414 g/mol. The van der Waals surface area contributed by atoms with Crippen LogP contribution in [-0.2, 0) is 0 Å². The van der Waals surface area contributed by atoms with E-state index in [1.54, 1.807) is 21.6 Å². The molecule has 4 rings (SSSR count). The van der Waals surface area contributed by atoms with Crippen LogP contribution in [0.25, 0.3) is 10.9 Å². The van der Waals surface area contributed by atoms with Gasteiger partial charge in [0.1, 0.15) is 5.82 Å². The Morgan fingerprint density at radius 3 is 2.55 bits per heavy atom.